The number of hydrogen-bond donors (Lipinski definition) is 0. The molecular weight excluding hydrogens is 436 g/mol. The molecule has 0 amide bonds. The van der Waals surface area contributed by atoms with Crippen LogP contribution >= 0.6 is 0 Å². The van der Waals surface area contributed by atoms with Gasteiger partial charge >= 0.3 is 0 Å². The first-order valence-electron chi connectivity index (χ1n) is 12.6. The molecule has 1 aliphatic heterocycles. The first-order valence-corrected chi connectivity index (χ1v) is 12.6. The second-order valence-electron chi connectivity index (χ2n) is 11.1. The van der Waals surface area contributed by atoms with Gasteiger partial charge in [0, 0.05) is 17.2 Å². The van der Waals surface area contributed by atoms with Gasteiger partial charge in [0.15, 0.2) is 0 Å². The Kier molecular flexibility index (Phi) is 5.92. The molecule has 0 bridgehead atoms. The molecule has 0 atom stereocenters. The molecule has 0 aromatic heterocycles. The minimum atomic E-state index is -0.117. The van der Waals surface area contributed by atoms with E-state index in [-0.39, 0.29) is 10.8 Å². The lowest BCUT2D eigenvalue weighted by Crippen LogP contribution is -2.31. The first-order chi connectivity index (χ1) is 17.2. The number of para-hydroxylation sites is 2. The van der Waals surface area contributed by atoms with Crippen molar-refractivity contribution in [3.8, 4) is 0 Å². The van der Waals surface area contributed by atoms with Crippen molar-refractivity contribution in [2.75, 3.05) is 4.90 Å². The van der Waals surface area contributed by atoms with Gasteiger partial charge in [0.25, 0.3) is 0 Å². The van der Waals surface area contributed by atoms with Crippen LogP contribution in [0.15, 0.2) is 109 Å². The molecule has 4 aromatic carbocycles. The Bertz CT molecular complexity index is 1450. The highest BCUT2D eigenvalue weighted by atomic mass is 15.2. The molecule has 0 radical (unpaired) electrons. The van der Waals surface area contributed by atoms with Gasteiger partial charge in [-0.3, -0.25) is 4.99 Å². The van der Waals surface area contributed by atoms with Crippen LogP contribution in [0.25, 0.3) is 5.70 Å². The Balaban J connectivity index is 1.67. The highest BCUT2D eigenvalue weighted by molar-refractivity contribution is 5.97. The number of hydrogen-bond acceptors (Lipinski definition) is 2. The van der Waals surface area contributed by atoms with Gasteiger partial charge in [-0.2, -0.15) is 0 Å². The molecule has 0 unspecified atom stereocenters. The van der Waals surface area contributed by atoms with E-state index in [0.29, 0.717) is 0 Å². The SMILES string of the molecule is C=C(/N=C/c1ccccc1N1c2ccccc2C(C)(C)c2cc(C(C)(C)C)ccc21)c1ccccc1. The second kappa shape index (κ2) is 8.95. The van der Waals surface area contributed by atoms with Crippen molar-refractivity contribution in [1.82, 2.24) is 0 Å². The Morgan fingerprint density at radius 2 is 1.36 bits per heavy atom. The summed E-state index contributed by atoms with van der Waals surface area (Å²) in [5, 5.41) is 0. The van der Waals surface area contributed by atoms with Gasteiger partial charge in [-0.15, -0.1) is 0 Å². The van der Waals surface area contributed by atoms with E-state index in [0.717, 1.165) is 22.5 Å². The third-order valence-electron chi connectivity index (χ3n) is 7.24. The average molecular weight is 471 g/mol. The van der Waals surface area contributed by atoms with E-state index >= 15 is 0 Å². The van der Waals surface area contributed by atoms with Crippen molar-refractivity contribution in [2.45, 2.75) is 45.4 Å². The smallest absolute Gasteiger partial charge is 0.0630 e. The van der Waals surface area contributed by atoms with E-state index in [1.807, 2.05) is 36.5 Å². The normalized spacial score (nSPS) is 14.4. The van der Waals surface area contributed by atoms with Crippen LogP contribution in [0.3, 0.4) is 0 Å². The number of rotatable bonds is 4. The van der Waals surface area contributed by atoms with E-state index in [1.54, 1.807) is 0 Å². The predicted octanol–water partition coefficient (Wildman–Crippen LogP) is 9.18. The Hall–Kier alpha value is -3.91. The van der Waals surface area contributed by atoms with Crippen LogP contribution < -0.4 is 4.90 Å². The van der Waals surface area contributed by atoms with Crippen LogP contribution in [0.2, 0.25) is 0 Å². The minimum Gasteiger partial charge on any atom is -0.309 e. The zero-order valence-corrected chi connectivity index (χ0v) is 21.9. The molecule has 0 spiro atoms. The molecule has 1 aliphatic rings. The Morgan fingerprint density at radius 3 is 2.08 bits per heavy atom. The number of fused-ring (bicyclic) bond motifs is 2. The zero-order valence-electron chi connectivity index (χ0n) is 21.9. The second-order valence-corrected chi connectivity index (χ2v) is 11.1. The van der Waals surface area contributed by atoms with Gasteiger partial charge in [-0.05, 0) is 45.9 Å². The van der Waals surface area contributed by atoms with Gasteiger partial charge in [0.05, 0.1) is 22.8 Å². The quantitative estimate of drug-likeness (QED) is 0.271. The molecule has 0 saturated carbocycles. The monoisotopic (exact) mass is 470 g/mol. The Labute approximate surface area is 215 Å². The summed E-state index contributed by atoms with van der Waals surface area (Å²) in [5.41, 5.74) is 10.3. The largest absolute Gasteiger partial charge is 0.309 e. The van der Waals surface area contributed by atoms with Crippen molar-refractivity contribution < 1.29 is 0 Å². The zero-order chi connectivity index (χ0) is 25.5. The highest BCUT2D eigenvalue weighted by Crippen LogP contribution is 2.52. The number of anilines is 3. The van der Waals surface area contributed by atoms with Crippen LogP contribution in [0.1, 0.15) is 62.4 Å². The maximum absolute atomic E-state index is 4.76. The summed E-state index contributed by atoms with van der Waals surface area (Å²) >= 11 is 0. The van der Waals surface area contributed by atoms with Gasteiger partial charge in [-0.25, -0.2) is 0 Å². The lowest BCUT2D eigenvalue weighted by Gasteiger charge is -2.43. The lowest BCUT2D eigenvalue weighted by molar-refractivity contribution is 0.580. The summed E-state index contributed by atoms with van der Waals surface area (Å²) in [6, 6.07) is 34.4. The summed E-state index contributed by atoms with van der Waals surface area (Å²) in [5.74, 6) is 0. The topological polar surface area (TPSA) is 15.6 Å². The fraction of sp³-hybridized carbons (Fsp3) is 0.206. The molecule has 180 valence electrons. The molecule has 0 saturated heterocycles. The van der Waals surface area contributed by atoms with E-state index in [1.165, 1.54) is 28.1 Å². The van der Waals surface area contributed by atoms with Gasteiger partial charge < -0.3 is 4.90 Å². The third kappa shape index (κ3) is 4.18. The minimum absolute atomic E-state index is 0.0786. The molecule has 2 heteroatoms. The van der Waals surface area contributed by atoms with E-state index in [2.05, 4.69) is 113 Å². The maximum atomic E-state index is 4.76. The van der Waals surface area contributed by atoms with Gasteiger partial charge in [0.1, 0.15) is 0 Å². The molecule has 0 aliphatic carbocycles. The molecule has 5 rings (SSSR count). The number of aliphatic imine (C=N–C) groups is 1. The molecular formula is C34H34N2. The van der Waals surface area contributed by atoms with Crippen LogP contribution in [-0.2, 0) is 10.8 Å². The summed E-state index contributed by atoms with van der Waals surface area (Å²) in [6.07, 6.45) is 1.94. The van der Waals surface area contributed by atoms with Gasteiger partial charge in [0.2, 0.25) is 0 Å². The third-order valence-corrected chi connectivity index (χ3v) is 7.24. The number of nitrogens with zero attached hydrogens (tertiary/aromatic N) is 2. The van der Waals surface area contributed by atoms with Crippen LogP contribution in [0, 0.1) is 0 Å². The van der Waals surface area contributed by atoms with Crippen molar-refractivity contribution in [1.29, 1.82) is 0 Å². The maximum Gasteiger partial charge on any atom is 0.0630 e. The van der Waals surface area contributed by atoms with E-state index < -0.39 is 0 Å². The lowest BCUT2D eigenvalue weighted by atomic mass is 9.71. The summed E-state index contributed by atoms with van der Waals surface area (Å²) in [4.78, 5) is 7.16. The molecule has 0 fully saturated rings. The van der Waals surface area contributed by atoms with E-state index in [9.17, 15) is 0 Å². The van der Waals surface area contributed by atoms with Crippen LogP contribution in [0.4, 0.5) is 17.1 Å². The van der Waals surface area contributed by atoms with Gasteiger partial charge in [-0.1, -0.05) is 120 Å². The van der Waals surface area contributed by atoms with Crippen molar-refractivity contribution in [3.63, 3.8) is 0 Å². The molecule has 1 heterocycles. The Morgan fingerprint density at radius 1 is 0.750 bits per heavy atom. The summed E-state index contributed by atoms with van der Waals surface area (Å²) in [7, 11) is 0. The predicted molar refractivity (Wildman–Crippen MR) is 155 cm³/mol. The molecule has 4 aromatic rings. The van der Waals surface area contributed by atoms with Crippen LogP contribution in [0.5, 0.6) is 0 Å². The van der Waals surface area contributed by atoms with Crippen LogP contribution in [-0.4, -0.2) is 6.21 Å². The fourth-order valence-corrected chi connectivity index (χ4v) is 5.08. The highest BCUT2D eigenvalue weighted by Gasteiger charge is 2.37. The summed E-state index contributed by atoms with van der Waals surface area (Å²) in [6.45, 7) is 15.7. The molecule has 36 heavy (non-hydrogen) atoms. The standard InChI is InChI=1S/C34H34N2/c1-24(25-14-8-7-9-15-25)35-23-26-16-10-12-18-30(26)36-31-19-13-11-17-28(31)34(5,6)29-22-27(33(2,3)4)20-21-32(29)36/h7-23H,1H2,2-6H3/b35-23+. The molecule has 0 N–H and O–H groups in total. The fourth-order valence-electron chi connectivity index (χ4n) is 5.08. The summed E-state index contributed by atoms with van der Waals surface area (Å²) < 4.78 is 0. The van der Waals surface area contributed by atoms with Crippen molar-refractivity contribution in [3.05, 3.63) is 131 Å². The van der Waals surface area contributed by atoms with E-state index in [4.69, 9.17) is 4.99 Å². The van der Waals surface area contributed by atoms with Crippen molar-refractivity contribution in [2.24, 2.45) is 4.99 Å². The molecule has 2 nitrogen and oxygen atoms in total. The average Bonchev–Trinajstić information content (AvgIpc) is 2.88. The van der Waals surface area contributed by atoms with Crippen molar-refractivity contribution >= 4 is 29.0 Å². The first kappa shape index (κ1) is 23.8. The number of benzene rings is 4.